The van der Waals surface area contributed by atoms with Crippen molar-refractivity contribution in [3.63, 3.8) is 0 Å². The van der Waals surface area contributed by atoms with E-state index in [4.69, 9.17) is 21.4 Å². The smallest absolute Gasteiger partial charge is 0.274 e. The van der Waals surface area contributed by atoms with Crippen LogP contribution in [0.3, 0.4) is 0 Å². The Morgan fingerprint density at radius 2 is 2.09 bits per heavy atom. The molecule has 1 fully saturated rings. The number of piperazine rings is 1. The number of benzene rings is 1. The van der Waals surface area contributed by atoms with Gasteiger partial charge in [-0.05, 0) is 44.5 Å². The predicted octanol–water partition coefficient (Wildman–Crippen LogP) is 2.86. The van der Waals surface area contributed by atoms with Crippen LogP contribution in [0.2, 0.25) is 5.02 Å². The summed E-state index contributed by atoms with van der Waals surface area (Å²) in [6, 6.07) is 6.19. The quantitative estimate of drug-likeness (QED) is 0.644. The highest BCUT2D eigenvalue weighted by atomic mass is 35.5. The number of aromatic nitrogens is 2. The third kappa shape index (κ3) is 4.54. The number of fused-ring (bicyclic) bond motifs is 2. The van der Waals surface area contributed by atoms with E-state index in [1.165, 1.54) is 5.69 Å². The van der Waals surface area contributed by atoms with Crippen molar-refractivity contribution < 1.29 is 9.53 Å². The Bertz CT molecular complexity index is 1040. The zero-order valence-corrected chi connectivity index (χ0v) is 20.1. The summed E-state index contributed by atoms with van der Waals surface area (Å²) in [6.07, 6.45) is 4.64. The van der Waals surface area contributed by atoms with E-state index in [1.807, 2.05) is 33.9 Å². The molecule has 3 aliphatic rings. The maximum Gasteiger partial charge on any atom is 0.274 e. The molecule has 1 unspecified atom stereocenters. The Morgan fingerprint density at radius 1 is 1.27 bits per heavy atom. The molecule has 3 heterocycles. The maximum absolute atomic E-state index is 13.5. The van der Waals surface area contributed by atoms with Crippen molar-refractivity contribution >= 4 is 17.5 Å². The molecule has 0 N–H and O–H groups in total. The second kappa shape index (κ2) is 9.49. The van der Waals surface area contributed by atoms with Crippen molar-refractivity contribution in [1.82, 2.24) is 24.5 Å². The third-order valence-electron chi connectivity index (χ3n) is 7.16. The van der Waals surface area contributed by atoms with Gasteiger partial charge in [0.25, 0.3) is 5.91 Å². The first-order chi connectivity index (χ1) is 16.0. The van der Waals surface area contributed by atoms with Crippen molar-refractivity contribution in [2.75, 3.05) is 46.4 Å². The van der Waals surface area contributed by atoms with Gasteiger partial charge in [0.05, 0.1) is 6.54 Å². The summed E-state index contributed by atoms with van der Waals surface area (Å²) in [6.45, 7) is 10.1. The summed E-state index contributed by atoms with van der Waals surface area (Å²) in [5.41, 5.74) is 4.07. The molecular formula is C25H32ClN5O2. The van der Waals surface area contributed by atoms with E-state index in [2.05, 4.69) is 23.4 Å². The molecule has 1 amide bonds. The van der Waals surface area contributed by atoms with E-state index in [0.717, 1.165) is 80.4 Å². The lowest BCUT2D eigenvalue weighted by Crippen LogP contribution is -2.47. The van der Waals surface area contributed by atoms with Crippen LogP contribution >= 0.6 is 11.6 Å². The van der Waals surface area contributed by atoms with Crippen LogP contribution in [0.25, 0.3) is 0 Å². The average molecular weight is 470 g/mol. The van der Waals surface area contributed by atoms with Gasteiger partial charge in [-0.15, -0.1) is 6.58 Å². The molecule has 1 saturated heterocycles. The van der Waals surface area contributed by atoms with Gasteiger partial charge in [0.2, 0.25) is 0 Å². The molecule has 2 aliphatic heterocycles. The monoisotopic (exact) mass is 469 g/mol. The summed E-state index contributed by atoms with van der Waals surface area (Å²) >= 11 is 6.26. The number of carbonyl (C=O) groups is 1. The number of hydrogen-bond donors (Lipinski definition) is 0. The van der Waals surface area contributed by atoms with Crippen LogP contribution in [-0.2, 0) is 25.9 Å². The lowest BCUT2D eigenvalue weighted by atomic mass is 9.89. The molecule has 1 aliphatic carbocycles. The van der Waals surface area contributed by atoms with E-state index >= 15 is 0 Å². The minimum atomic E-state index is 0.0686. The predicted molar refractivity (Wildman–Crippen MR) is 129 cm³/mol. The van der Waals surface area contributed by atoms with Crippen LogP contribution in [0.15, 0.2) is 30.9 Å². The Labute approximate surface area is 200 Å². The van der Waals surface area contributed by atoms with Crippen molar-refractivity contribution in [1.29, 1.82) is 0 Å². The molecule has 5 rings (SSSR count). The fraction of sp³-hybridized carbons (Fsp3) is 0.520. The van der Waals surface area contributed by atoms with E-state index in [1.54, 1.807) is 0 Å². The highest BCUT2D eigenvalue weighted by molar-refractivity contribution is 6.30. The van der Waals surface area contributed by atoms with E-state index in [-0.39, 0.29) is 5.91 Å². The standard InChI is InChI=1S/C25H32ClN5O2/c1-3-8-31-22-6-5-20(30-13-14-33-23-7-4-19(26)15-18(23)17-30)16-21(22)24(27-31)25(32)29-11-9-28(2)10-12-29/h3-4,7,15,20H,1,5-6,8-14,16-17H2,2H3. The molecule has 1 aromatic heterocycles. The highest BCUT2D eigenvalue weighted by Crippen LogP contribution is 2.32. The SMILES string of the molecule is C=CCn1nc(C(=O)N2CCN(C)CC2)c2c1CCC(N1CCOc3ccc(Cl)cc3C1)C2. The molecule has 0 saturated carbocycles. The summed E-state index contributed by atoms with van der Waals surface area (Å²) in [7, 11) is 2.10. The van der Waals surface area contributed by atoms with Gasteiger partial charge in [0.15, 0.2) is 5.69 Å². The molecule has 0 spiro atoms. The summed E-state index contributed by atoms with van der Waals surface area (Å²) in [5.74, 6) is 0.988. The molecule has 0 radical (unpaired) electrons. The van der Waals surface area contributed by atoms with Gasteiger partial charge in [-0.1, -0.05) is 17.7 Å². The minimum Gasteiger partial charge on any atom is -0.492 e. The summed E-state index contributed by atoms with van der Waals surface area (Å²) < 4.78 is 7.98. The number of carbonyl (C=O) groups excluding carboxylic acids is 1. The molecule has 176 valence electrons. The summed E-state index contributed by atoms with van der Waals surface area (Å²) in [5, 5.41) is 5.53. The van der Waals surface area contributed by atoms with Gasteiger partial charge in [-0.3, -0.25) is 14.4 Å². The molecule has 2 aromatic rings. The first-order valence-corrected chi connectivity index (χ1v) is 12.2. The fourth-order valence-corrected chi connectivity index (χ4v) is 5.47. The number of hydrogen-bond acceptors (Lipinski definition) is 5. The minimum absolute atomic E-state index is 0.0686. The zero-order valence-electron chi connectivity index (χ0n) is 19.3. The van der Waals surface area contributed by atoms with Crippen molar-refractivity contribution in [3.05, 3.63) is 58.4 Å². The van der Waals surface area contributed by atoms with Gasteiger partial charge in [-0.25, -0.2) is 0 Å². The number of allylic oxidation sites excluding steroid dienone is 1. The Kier molecular flexibility index (Phi) is 6.45. The van der Waals surface area contributed by atoms with Crippen molar-refractivity contribution in [2.24, 2.45) is 0 Å². The van der Waals surface area contributed by atoms with Crippen LogP contribution in [0, 0.1) is 0 Å². The topological polar surface area (TPSA) is 53.8 Å². The van der Waals surface area contributed by atoms with Crippen LogP contribution in [0.1, 0.15) is 33.7 Å². The van der Waals surface area contributed by atoms with E-state index < -0.39 is 0 Å². The van der Waals surface area contributed by atoms with Crippen LogP contribution < -0.4 is 4.74 Å². The van der Waals surface area contributed by atoms with Gasteiger partial charge in [-0.2, -0.15) is 5.10 Å². The second-order valence-corrected chi connectivity index (χ2v) is 9.74. The third-order valence-corrected chi connectivity index (χ3v) is 7.40. The number of rotatable bonds is 4. The van der Waals surface area contributed by atoms with Crippen LogP contribution in [0.4, 0.5) is 0 Å². The molecule has 7 nitrogen and oxygen atoms in total. The van der Waals surface area contributed by atoms with Crippen molar-refractivity contribution in [2.45, 2.75) is 38.4 Å². The van der Waals surface area contributed by atoms with Gasteiger partial charge in [0.1, 0.15) is 12.4 Å². The largest absolute Gasteiger partial charge is 0.492 e. The fourth-order valence-electron chi connectivity index (χ4n) is 5.28. The number of likely N-dealkylation sites (N-methyl/N-ethyl adjacent to an activating group) is 1. The average Bonchev–Trinajstić information content (AvgIpc) is 3.03. The van der Waals surface area contributed by atoms with Crippen LogP contribution in [-0.4, -0.2) is 82.8 Å². The molecule has 33 heavy (non-hydrogen) atoms. The first-order valence-electron chi connectivity index (χ1n) is 11.9. The number of halogens is 1. The second-order valence-electron chi connectivity index (χ2n) is 9.31. The Balaban J connectivity index is 1.40. The molecule has 1 atom stereocenters. The van der Waals surface area contributed by atoms with Gasteiger partial charge >= 0.3 is 0 Å². The van der Waals surface area contributed by atoms with Gasteiger partial charge in [0, 0.05) is 67.2 Å². The lowest BCUT2D eigenvalue weighted by Gasteiger charge is -2.34. The van der Waals surface area contributed by atoms with E-state index in [9.17, 15) is 4.79 Å². The molecule has 0 bridgehead atoms. The lowest BCUT2D eigenvalue weighted by molar-refractivity contribution is 0.0655. The zero-order chi connectivity index (χ0) is 22.9. The normalized spacial score (nSPS) is 21.6. The van der Waals surface area contributed by atoms with Gasteiger partial charge < -0.3 is 14.5 Å². The van der Waals surface area contributed by atoms with E-state index in [0.29, 0.717) is 24.9 Å². The molecular weight excluding hydrogens is 438 g/mol. The highest BCUT2D eigenvalue weighted by Gasteiger charge is 2.34. The summed E-state index contributed by atoms with van der Waals surface area (Å²) in [4.78, 5) is 20.2. The van der Waals surface area contributed by atoms with Crippen LogP contribution in [0.5, 0.6) is 5.75 Å². The first kappa shape index (κ1) is 22.4. The van der Waals surface area contributed by atoms with Crippen molar-refractivity contribution in [3.8, 4) is 5.75 Å². The Hall–Kier alpha value is -2.35. The number of nitrogens with zero attached hydrogens (tertiary/aromatic N) is 5. The Morgan fingerprint density at radius 3 is 2.88 bits per heavy atom. The molecule has 8 heteroatoms. The number of ether oxygens (including phenoxy) is 1. The number of amides is 1. The maximum atomic E-state index is 13.5. The molecule has 1 aromatic carbocycles.